The highest BCUT2D eigenvalue weighted by Gasteiger charge is 2.42. The fourth-order valence-corrected chi connectivity index (χ4v) is 2.37. The van der Waals surface area contributed by atoms with Gasteiger partial charge in [-0.15, -0.1) is 0 Å². The molecule has 0 amide bonds. The van der Waals surface area contributed by atoms with E-state index in [1.807, 2.05) is 12.1 Å². The summed E-state index contributed by atoms with van der Waals surface area (Å²) in [6, 6.07) is 8.10. The molecule has 0 saturated carbocycles. The molecule has 0 spiro atoms. The van der Waals surface area contributed by atoms with Crippen LogP contribution in [0.2, 0.25) is 0 Å². The Hall–Kier alpha value is -1.35. The monoisotopic (exact) mass is 234 g/mol. The first-order chi connectivity index (χ1) is 8.16. The van der Waals surface area contributed by atoms with Gasteiger partial charge in [-0.1, -0.05) is 31.2 Å². The van der Waals surface area contributed by atoms with Crippen molar-refractivity contribution < 1.29 is 14.6 Å². The van der Waals surface area contributed by atoms with Gasteiger partial charge in [0.2, 0.25) is 0 Å². The fourth-order valence-electron chi connectivity index (χ4n) is 2.37. The van der Waals surface area contributed by atoms with Gasteiger partial charge in [-0.2, -0.15) is 0 Å². The van der Waals surface area contributed by atoms with Gasteiger partial charge in [-0.05, 0) is 30.4 Å². The van der Waals surface area contributed by atoms with Crippen molar-refractivity contribution in [3.8, 4) is 0 Å². The van der Waals surface area contributed by atoms with Crippen molar-refractivity contribution in [1.29, 1.82) is 0 Å². The van der Waals surface area contributed by atoms with Gasteiger partial charge in [0.15, 0.2) is 5.60 Å². The van der Waals surface area contributed by atoms with E-state index in [9.17, 15) is 9.90 Å². The summed E-state index contributed by atoms with van der Waals surface area (Å²) in [4.78, 5) is 11.4. The Balaban J connectivity index is 2.20. The number of carboxylic acids is 1. The molecular weight excluding hydrogens is 216 g/mol. The van der Waals surface area contributed by atoms with Crippen LogP contribution >= 0.6 is 0 Å². The molecule has 1 unspecified atom stereocenters. The quantitative estimate of drug-likeness (QED) is 0.870. The fraction of sp³-hybridized carbons (Fsp3) is 0.500. The predicted octanol–water partition coefficient (Wildman–Crippen LogP) is 2.43. The Labute approximate surface area is 101 Å². The molecule has 1 aliphatic heterocycles. The van der Waals surface area contributed by atoms with E-state index in [0.29, 0.717) is 19.4 Å². The summed E-state index contributed by atoms with van der Waals surface area (Å²) in [7, 11) is 0. The summed E-state index contributed by atoms with van der Waals surface area (Å²) in [5.74, 6) is -0.836. The lowest BCUT2D eigenvalue weighted by Gasteiger charge is -2.23. The molecule has 92 valence electrons. The smallest absolute Gasteiger partial charge is 0.336 e. The number of rotatable bonds is 4. The van der Waals surface area contributed by atoms with E-state index < -0.39 is 11.6 Å². The van der Waals surface area contributed by atoms with Gasteiger partial charge in [-0.25, -0.2) is 4.79 Å². The standard InChI is InChI=1S/C14H18O3/c1-2-11-5-3-6-12(9-11)10-14(13(15)16)7-4-8-17-14/h3,5-6,9H,2,4,7-8,10H2,1H3,(H,15,16). The van der Waals surface area contributed by atoms with Crippen LogP contribution in [0.1, 0.15) is 30.9 Å². The molecule has 2 rings (SSSR count). The minimum absolute atomic E-state index is 0.468. The highest BCUT2D eigenvalue weighted by Crippen LogP contribution is 2.30. The highest BCUT2D eigenvalue weighted by atomic mass is 16.5. The molecule has 1 N–H and O–H groups in total. The number of hydrogen-bond donors (Lipinski definition) is 1. The van der Waals surface area contributed by atoms with Crippen molar-refractivity contribution in [3.05, 3.63) is 35.4 Å². The number of carboxylic acid groups (broad SMARTS) is 1. The van der Waals surface area contributed by atoms with Gasteiger partial charge < -0.3 is 9.84 Å². The second-order valence-corrected chi connectivity index (χ2v) is 4.60. The lowest BCUT2D eigenvalue weighted by Crippen LogP contribution is -2.40. The van der Waals surface area contributed by atoms with Crippen molar-refractivity contribution in [2.45, 2.75) is 38.2 Å². The molecule has 3 heteroatoms. The first-order valence-corrected chi connectivity index (χ1v) is 6.11. The van der Waals surface area contributed by atoms with Gasteiger partial charge in [0.25, 0.3) is 0 Å². The Bertz CT molecular complexity index is 406. The maximum Gasteiger partial charge on any atom is 0.336 e. The van der Waals surface area contributed by atoms with Crippen molar-refractivity contribution in [2.75, 3.05) is 6.61 Å². The largest absolute Gasteiger partial charge is 0.479 e. The lowest BCUT2D eigenvalue weighted by molar-refractivity contribution is -0.159. The molecule has 1 aromatic carbocycles. The Kier molecular flexibility index (Phi) is 3.48. The van der Waals surface area contributed by atoms with E-state index in [1.54, 1.807) is 0 Å². The second-order valence-electron chi connectivity index (χ2n) is 4.60. The van der Waals surface area contributed by atoms with Crippen molar-refractivity contribution in [1.82, 2.24) is 0 Å². The number of carbonyl (C=O) groups is 1. The Morgan fingerprint density at radius 2 is 2.24 bits per heavy atom. The molecule has 3 nitrogen and oxygen atoms in total. The molecule has 1 aliphatic rings. The van der Waals surface area contributed by atoms with Gasteiger partial charge in [0.1, 0.15) is 0 Å². The minimum Gasteiger partial charge on any atom is -0.479 e. The summed E-state index contributed by atoms with van der Waals surface area (Å²) >= 11 is 0. The minimum atomic E-state index is -0.994. The van der Waals surface area contributed by atoms with Gasteiger partial charge >= 0.3 is 5.97 Å². The third kappa shape index (κ3) is 2.50. The number of hydrogen-bond acceptors (Lipinski definition) is 2. The van der Waals surface area contributed by atoms with E-state index in [0.717, 1.165) is 18.4 Å². The molecule has 17 heavy (non-hydrogen) atoms. The zero-order chi connectivity index (χ0) is 12.3. The van der Waals surface area contributed by atoms with Crippen LogP contribution in [-0.4, -0.2) is 23.3 Å². The molecule has 0 aromatic heterocycles. The Morgan fingerprint density at radius 1 is 1.47 bits per heavy atom. The van der Waals surface area contributed by atoms with Crippen LogP contribution in [0.5, 0.6) is 0 Å². The van der Waals surface area contributed by atoms with Crippen LogP contribution in [-0.2, 0) is 22.4 Å². The average molecular weight is 234 g/mol. The topological polar surface area (TPSA) is 46.5 Å². The van der Waals surface area contributed by atoms with E-state index in [-0.39, 0.29) is 0 Å². The maximum absolute atomic E-state index is 11.4. The first-order valence-electron chi connectivity index (χ1n) is 6.11. The number of benzene rings is 1. The molecule has 0 aliphatic carbocycles. The third-order valence-electron chi connectivity index (χ3n) is 3.38. The number of aliphatic carboxylic acids is 1. The average Bonchev–Trinajstić information content (AvgIpc) is 2.79. The van der Waals surface area contributed by atoms with Crippen LogP contribution in [0, 0.1) is 0 Å². The van der Waals surface area contributed by atoms with Crippen molar-refractivity contribution >= 4 is 5.97 Å². The highest BCUT2D eigenvalue weighted by molar-refractivity contribution is 5.78. The molecule has 1 aromatic rings. The number of ether oxygens (including phenoxy) is 1. The second kappa shape index (κ2) is 4.88. The summed E-state index contributed by atoms with van der Waals surface area (Å²) in [5, 5.41) is 9.33. The molecular formula is C14H18O3. The first kappa shape index (κ1) is 12.1. The van der Waals surface area contributed by atoms with E-state index in [2.05, 4.69) is 19.1 Å². The van der Waals surface area contributed by atoms with Crippen molar-refractivity contribution in [2.24, 2.45) is 0 Å². The zero-order valence-corrected chi connectivity index (χ0v) is 10.1. The van der Waals surface area contributed by atoms with Crippen molar-refractivity contribution in [3.63, 3.8) is 0 Å². The predicted molar refractivity (Wildman–Crippen MR) is 65.1 cm³/mol. The van der Waals surface area contributed by atoms with Crippen LogP contribution in [0.3, 0.4) is 0 Å². The van der Waals surface area contributed by atoms with Gasteiger partial charge in [0.05, 0.1) is 0 Å². The third-order valence-corrected chi connectivity index (χ3v) is 3.38. The normalized spacial score (nSPS) is 23.8. The Morgan fingerprint density at radius 3 is 2.82 bits per heavy atom. The van der Waals surface area contributed by atoms with E-state index in [4.69, 9.17) is 4.74 Å². The van der Waals surface area contributed by atoms with E-state index >= 15 is 0 Å². The van der Waals surface area contributed by atoms with Gasteiger partial charge in [0, 0.05) is 13.0 Å². The summed E-state index contributed by atoms with van der Waals surface area (Å²) in [5.41, 5.74) is 1.29. The van der Waals surface area contributed by atoms with Gasteiger partial charge in [-0.3, -0.25) is 0 Å². The van der Waals surface area contributed by atoms with Crippen LogP contribution < -0.4 is 0 Å². The molecule has 1 fully saturated rings. The van der Waals surface area contributed by atoms with Crippen LogP contribution in [0.25, 0.3) is 0 Å². The van der Waals surface area contributed by atoms with Crippen LogP contribution in [0.4, 0.5) is 0 Å². The summed E-state index contributed by atoms with van der Waals surface area (Å²) in [6.45, 7) is 2.65. The maximum atomic E-state index is 11.4. The SMILES string of the molecule is CCc1cccc(CC2(C(=O)O)CCCO2)c1. The summed E-state index contributed by atoms with van der Waals surface area (Å²) in [6.07, 6.45) is 2.88. The molecule has 0 bridgehead atoms. The summed E-state index contributed by atoms with van der Waals surface area (Å²) < 4.78 is 5.48. The number of aryl methyl sites for hydroxylation is 1. The molecule has 0 radical (unpaired) electrons. The van der Waals surface area contributed by atoms with E-state index in [1.165, 1.54) is 5.56 Å². The molecule has 1 saturated heterocycles. The van der Waals surface area contributed by atoms with Crippen LogP contribution in [0.15, 0.2) is 24.3 Å². The molecule has 1 atom stereocenters. The zero-order valence-electron chi connectivity index (χ0n) is 10.1. The lowest BCUT2D eigenvalue weighted by atomic mass is 9.91. The molecule has 1 heterocycles.